The minimum Gasteiger partial charge on any atom is -1.00 e. The van der Waals surface area contributed by atoms with Crippen LogP contribution in [-0.2, 0) is 7.05 Å². The van der Waals surface area contributed by atoms with Crippen molar-refractivity contribution in [3.63, 3.8) is 0 Å². The Morgan fingerprint density at radius 2 is 1.92 bits per heavy atom. The van der Waals surface area contributed by atoms with Crippen LogP contribution in [-0.4, -0.2) is 4.57 Å². The average molecular weight is 282 g/mol. The number of imidazole rings is 1. The Labute approximate surface area is 92.6 Å². The first-order valence-electron chi connectivity index (χ1n) is 3.66. The minimum absolute atomic E-state index is 0. The highest BCUT2D eigenvalue weighted by atomic mass is 127. The summed E-state index contributed by atoms with van der Waals surface area (Å²) in [5.74, 6) is 1.30. The quantitative estimate of drug-likeness (QED) is 0.454. The molecule has 2 nitrogen and oxygen atoms in total. The Kier molecular flexibility index (Phi) is 6.70. The standard InChI is InChI=1S/C8H15N2.CH4.HI/c1-7(2)10-6-5-9(4)8(10)3;;/h5-7H,1-4H3;1H4;1H/q+1;;/p-1. The van der Waals surface area contributed by atoms with Crippen LogP contribution in [0.15, 0.2) is 12.4 Å². The second kappa shape index (κ2) is 5.56. The molecular weight excluding hydrogens is 263 g/mol. The molecule has 0 atom stereocenters. The van der Waals surface area contributed by atoms with E-state index in [1.807, 2.05) is 0 Å². The van der Waals surface area contributed by atoms with Crippen molar-refractivity contribution < 1.29 is 28.5 Å². The predicted molar refractivity (Wildman–Crippen MR) is 47.5 cm³/mol. The van der Waals surface area contributed by atoms with Gasteiger partial charge in [-0.05, 0) is 13.8 Å². The van der Waals surface area contributed by atoms with Crippen LogP contribution in [0.3, 0.4) is 0 Å². The fraction of sp³-hybridized carbons (Fsp3) is 0.667. The number of hydrogen-bond donors (Lipinski definition) is 0. The lowest BCUT2D eigenvalue weighted by Crippen LogP contribution is -3.00. The van der Waals surface area contributed by atoms with E-state index in [4.69, 9.17) is 0 Å². The van der Waals surface area contributed by atoms with Gasteiger partial charge in [-0.3, -0.25) is 0 Å². The molecule has 1 heterocycles. The maximum Gasteiger partial charge on any atom is 0.253 e. The molecule has 0 bridgehead atoms. The van der Waals surface area contributed by atoms with Gasteiger partial charge in [0.2, 0.25) is 0 Å². The van der Waals surface area contributed by atoms with E-state index in [0.717, 1.165) is 0 Å². The van der Waals surface area contributed by atoms with Crippen molar-refractivity contribution in [3.8, 4) is 0 Å². The zero-order chi connectivity index (χ0) is 7.72. The third kappa shape index (κ3) is 2.77. The summed E-state index contributed by atoms with van der Waals surface area (Å²) >= 11 is 0. The van der Waals surface area contributed by atoms with Crippen LogP contribution >= 0.6 is 0 Å². The topological polar surface area (TPSA) is 8.81 Å². The Balaban J connectivity index is 0. The van der Waals surface area contributed by atoms with Gasteiger partial charge in [0.05, 0.1) is 13.1 Å². The van der Waals surface area contributed by atoms with Crippen LogP contribution in [0, 0.1) is 6.92 Å². The summed E-state index contributed by atoms with van der Waals surface area (Å²) in [5.41, 5.74) is 0. The Bertz CT molecular complexity index is 228. The van der Waals surface area contributed by atoms with E-state index in [1.165, 1.54) is 5.82 Å². The number of aromatic nitrogens is 2. The fourth-order valence-electron chi connectivity index (χ4n) is 1.12. The molecule has 0 aliphatic rings. The molecule has 0 amide bonds. The summed E-state index contributed by atoms with van der Waals surface area (Å²) in [6, 6.07) is 0.571. The van der Waals surface area contributed by atoms with Crippen LogP contribution in [0.2, 0.25) is 0 Å². The van der Waals surface area contributed by atoms with E-state index in [-0.39, 0.29) is 31.4 Å². The van der Waals surface area contributed by atoms with Gasteiger partial charge >= 0.3 is 0 Å². The predicted octanol–water partition coefficient (Wildman–Crippen LogP) is -1.16. The zero-order valence-corrected chi connectivity index (χ0v) is 9.66. The second-order valence-corrected chi connectivity index (χ2v) is 2.96. The van der Waals surface area contributed by atoms with Crippen LogP contribution in [0.1, 0.15) is 33.1 Å². The summed E-state index contributed by atoms with van der Waals surface area (Å²) < 4.78 is 4.38. The van der Waals surface area contributed by atoms with Crippen LogP contribution < -0.4 is 28.5 Å². The van der Waals surface area contributed by atoms with Crippen LogP contribution in [0.5, 0.6) is 0 Å². The maximum atomic E-state index is 2.25. The molecule has 0 saturated heterocycles. The molecule has 0 fully saturated rings. The molecule has 0 aromatic carbocycles. The molecule has 3 heteroatoms. The van der Waals surface area contributed by atoms with Gasteiger partial charge in [0.1, 0.15) is 12.4 Å². The summed E-state index contributed by atoms with van der Waals surface area (Å²) in [6.07, 6.45) is 4.19. The van der Waals surface area contributed by atoms with Crippen LogP contribution in [0.4, 0.5) is 0 Å². The van der Waals surface area contributed by atoms with Crippen molar-refractivity contribution in [1.29, 1.82) is 0 Å². The van der Waals surface area contributed by atoms with E-state index in [9.17, 15) is 0 Å². The molecule has 72 valence electrons. The van der Waals surface area contributed by atoms with Gasteiger partial charge in [-0.25, -0.2) is 9.13 Å². The van der Waals surface area contributed by atoms with Crippen molar-refractivity contribution in [2.75, 3.05) is 0 Å². The largest absolute Gasteiger partial charge is 1.00 e. The number of hydrogen-bond acceptors (Lipinski definition) is 0. The van der Waals surface area contributed by atoms with Gasteiger partial charge in [0.15, 0.2) is 0 Å². The smallest absolute Gasteiger partial charge is 0.253 e. The van der Waals surface area contributed by atoms with Crippen LogP contribution in [0.25, 0.3) is 0 Å². The number of rotatable bonds is 1. The highest BCUT2D eigenvalue weighted by Crippen LogP contribution is 2.04. The highest BCUT2D eigenvalue weighted by molar-refractivity contribution is 4.81. The fourth-order valence-corrected chi connectivity index (χ4v) is 1.12. The van der Waals surface area contributed by atoms with Crippen molar-refractivity contribution in [2.45, 2.75) is 34.2 Å². The molecule has 0 aliphatic heterocycles. The van der Waals surface area contributed by atoms with Gasteiger partial charge < -0.3 is 24.0 Å². The molecular formula is C9H19IN2. The summed E-state index contributed by atoms with van der Waals surface area (Å²) in [7, 11) is 2.06. The number of aryl methyl sites for hydroxylation is 1. The van der Waals surface area contributed by atoms with E-state index in [2.05, 4.69) is 49.3 Å². The first-order valence-corrected chi connectivity index (χ1v) is 3.66. The Morgan fingerprint density at radius 1 is 1.42 bits per heavy atom. The first kappa shape index (κ1) is 14.5. The molecule has 0 aliphatic carbocycles. The third-order valence-corrected chi connectivity index (χ3v) is 1.89. The normalized spacial score (nSPS) is 9.08. The minimum atomic E-state index is 0. The lowest BCUT2D eigenvalue weighted by molar-refractivity contribution is -0.677. The maximum absolute atomic E-state index is 2.25. The molecule has 0 radical (unpaired) electrons. The molecule has 1 aromatic rings. The molecule has 0 N–H and O–H groups in total. The first-order chi connectivity index (χ1) is 4.63. The number of nitrogens with zero attached hydrogens (tertiary/aromatic N) is 2. The average Bonchev–Trinajstić information content (AvgIpc) is 2.14. The highest BCUT2D eigenvalue weighted by Gasteiger charge is 2.10. The Hall–Kier alpha value is -0.0600. The molecule has 12 heavy (non-hydrogen) atoms. The van der Waals surface area contributed by atoms with E-state index < -0.39 is 0 Å². The monoisotopic (exact) mass is 282 g/mol. The summed E-state index contributed by atoms with van der Waals surface area (Å²) in [4.78, 5) is 0. The van der Waals surface area contributed by atoms with E-state index in [0.29, 0.717) is 6.04 Å². The third-order valence-electron chi connectivity index (χ3n) is 1.89. The van der Waals surface area contributed by atoms with E-state index in [1.54, 1.807) is 0 Å². The second-order valence-electron chi connectivity index (χ2n) is 2.96. The van der Waals surface area contributed by atoms with Crippen molar-refractivity contribution in [3.05, 3.63) is 18.2 Å². The molecule has 0 spiro atoms. The van der Waals surface area contributed by atoms with Crippen molar-refractivity contribution in [2.24, 2.45) is 7.05 Å². The zero-order valence-electron chi connectivity index (χ0n) is 7.50. The van der Waals surface area contributed by atoms with Gasteiger partial charge in [-0.2, -0.15) is 0 Å². The summed E-state index contributed by atoms with van der Waals surface area (Å²) in [6.45, 7) is 6.50. The van der Waals surface area contributed by atoms with E-state index >= 15 is 0 Å². The van der Waals surface area contributed by atoms with Crippen molar-refractivity contribution >= 4 is 0 Å². The van der Waals surface area contributed by atoms with Gasteiger partial charge in [-0.15, -0.1) is 0 Å². The molecule has 1 aromatic heterocycles. The van der Waals surface area contributed by atoms with Gasteiger partial charge in [0.25, 0.3) is 5.82 Å². The molecule has 0 saturated carbocycles. The molecule has 0 unspecified atom stereocenters. The summed E-state index contributed by atoms with van der Waals surface area (Å²) in [5, 5.41) is 0. The Morgan fingerprint density at radius 3 is 2.08 bits per heavy atom. The van der Waals surface area contributed by atoms with Gasteiger partial charge in [-0.1, -0.05) is 7.43 Å². The lowest BCUT2D eigenvalue weighted by Gasteiger charge is -2.00. The van der Waals surface area contributed by atoms with Gasteiger partial charge in [0, 0.05) is 6.92 Å². The SMILES string of the molecule is C.Cc1n(C(C)C)cc[n+]1C.[I-]. The molecule has 1 rings (SSSR count). The lowest BCUT2D eigenvalue weighted by atomic mass is 10.4. The van der Waals surface area contributed by atoms with Crippen molar-refractivity contribution in [1.82, 2.24) is 4.57 Å². The number of halogens is 1.